The number of ether oxygens (including phenoxy) is 2. The standard InChI is InChI=1S/C19H21NO3/c1-19(2,3)23-18(21)14-22-17-11-9-15(10-12-17)13-20-16-7-5-4-6-8-16/h4-13H,14H2,1-3H3/b20-13+. The van der Waals surface area contributed by atoms with Crippen molar-refractivity contribution in [1.29, 1.82) is 0 Å². The molecule has 0 unspecified atom stereocenters. The van der Waals surface area contributed by atoms with Gasteiger partial charge in [-0.3, -0.25) is 4.99 Å². The molecule has 0 saturated carbocycles. The molecule has 120 valence electrons. The van der Waals surface area contributed by atoms with Crippen molar-refractivity contribution >= 4 is 17.9 Å². The van der Waals surface area contributed by atoms with Gasteiger partial charge in [-0.2, -0.15) is 0 Å². The molecule has 2 aromatic carbocycles. The molecule has 0 bridgehead atoms. The van der Waals surface area contributed by atoms with Crippen molar-refractivity contribution in [2.45, 2.75) is 26.4 Å². The van der Waals surface area contributed by atoms with Crippen LogP contribution in [0.3, 0.4) is 0 Å². The number of hydrogen-bond acceptors (Lipinski definition) is 4. The van der Waals surface area contributed by atoms with Crippen LogP contribution in [0.15, 0.2) is 59.6 Å². The molecule has 0 atom stereocenters. The predicted molar refractivity (Wildman–Crippen MR) is 91.5 cm³/mol. The summed E-state index contributed by atoms with van der Waals surface area (Å²) < 4.78 is 10.6. The number of carbonyl (C=O) groups excluding carboxylic acids is 1. The average Bonchev–Trinajstić information content (AvgIpc) is 2.51. The Morgan fingerprint density at radius 2 is 1.70 bits per heavy atom. The van der Waals surface area contributed by atoms with E-state index in [4.69, 9.17) is 9.47 Å². The molecule has 2 aromatic rings. The maximum absolute atomic E-state index is 11.6. The van der Waals surface area contributed by atoms with Crippen molar-refractivity contribution in [2.75, 3.05) is 6.61 Å². The van der Waals surface area contributed by atoms with Gasteiger partial charge in [0.1, 0.15) is 11.4 Å². The molecular weight excluding hydrogens is 290 g/mol. The van der Waals surface area contributed by atoms with E-state index in [0.717, 1.165) is 11.3 Å². The van der Waals surface area contributed by atoms with Gasteiger partial charge >= 0.3 is 5.97 Å². The van der Waals surface area contributed by atoms with Crippen LogP contribution in [0.5, 0.6) is 5.75 Å². The molecule has 0 radical (unpaired) electrons. The van der Waals surface area contributed by atoms with Crippen molar-refractivity contribution in [3.63, 3.8) is 0 Å². The zero-order valence-corrected chi connectivity index (χ0v) is 13.7. The number of aliphatic imine (C=N–C) groups is 1. The van der Waals surface area contributed by atoms with Crippen LogP contribution in [-0.4, -0.2) is 24.4 Å². The van der Waals surface area contributed by atoms with E-state index in [0.29, 0.717) is 5.75 Å². The number of nitrogens with zero attached hydrogens (tertiary/aromatic N) is 1. The fourth-order valence-electron chi connectivity index (χ4n) is 1.83. The van der Waals surface area contributed by atoms with E-state index in [1.165, 1.54) is 0 Å². The van der Waals surface area contributed by atoms with Gasteiger partial charge in [0.2, 0.25) is 0 Å². The normalized spacial score (nSPS) is 11.4. The van der Waals surface area contributed by atoms with Gasteiger partial charge in [-0.25, -0.2) is 4.79 Å². The second-order valence-corrected chi connectivity index (χ2v) is 6.04. The van der Waals surface area contributed by atoms with Crippen LogP contribution in [-0.2, 0) is 9.53 Å². The van der Waals surface area contributed by atoms with Gasteiger partial charge < -0.3 is 9.47 Å². The van der Waals surface area contributed by atoms with Crippen LogP contribution < -0.4 is 4.74 Å². The number of hydrogen-bond donors (Lipinski definition) is 0. The van der Waals surface area contributed by atoms with E-state index in [1.54, 1.807) is 18.3 Å². The lowest BCUT2D eigenvalue weighted by Crippen LogP contribution is -2.27. The highest BCUT2D eigenvalue weighted by molar-refractivity contribution is 5.82. The number of esters is 1. The smallest absolute Gasteiger partial charge is 0.344 e. The van der Waals surface area contributed by atoms with Crippen LogP contribution in [0.4, 0.5) is 5.69 Å². The third-order valence-electron chi connectivity index (χ3n) is 2.78. The molecule has 0 saturated heterocycles. The van der Waals surface area contributed by atoms with Crippen LogP contribution in [0.1, 0.15) is 26.3 Å². The Balaban J connectivity index is 1.87. The van der Waals surface area contributed by atoms with Gasteiger partial charge in [0.25, 0.3) is 0 Å². The lowest BCUT2D eigenvalue weighted by Gasteiger charge is -2.19. The Bertz CT molecular complexity index is 655. The molecule has 0 heterocycles. The minimum Gasteiger partial charge on any atom is -0.482 e. The number of carbonyl (C=O) groups is 1. The molecule has 0 aliphatic carbocycles. The molecule has 0 amide bonds. The summed E-state index contributed by atoms with van der Waals surface area (Å²) in [6.07, 6.45) is 1.78. The van der Waals surface area contributed by atoms with Crippen molar-refractivity contribution in [3.05, 3.63) is 60.2 Å². The molecule has 23 heavy (non-hydrogen) atoms. The first-order valence-electron chi connectivity index (χ1n) is 7.46. The van der Waals surface area contributed by atoms with Gasteiger partial charge in [-0.05, 0) is 62.7 Å². The monoisotopic (exact) mass is 311 g/mol. The highest BCUT2D eigenvalue weighted by Crippen LogP contribution is 2.14. The highest BCUT2D eigenvalue weighted by Gasteiger charge is 2.16. The van der Waals surface area contributed by atoms with E-state index in [-0.39, 0.29) is 12.6 Å². The van der Waals surface area contributed by atoms with E-state index < -0.39 is 5.60 Å². The molecule has 4 nitrogen and oxygen atoms in total. The Hall–Kier alpha value is -2.62. The minimum absolute atomic E-state index is 0.102. The molecule has 0 aliphatic heterocycles. The van der Waals surface area contributed by atoms with Crippen molar-refractivity contribution in [3.8, 4) is 5.75 Å². The molecule has 0 aliphatic rings. The maximum atomic E-state index is 11.6. The summed E-state index contributed by atoms with van der Waals surface area (Å²) in [6.45, 7) is 5.37. The van der Waals surface area contributed by atoms with Gasteiger partial charge in [0.15, 0.2) is 6.61 Å². The highest BCUT2D eigenvalue weighted by atomic mass is 16.6. The third kappa shape index (κ3) is 6.34. The summed E-state index contributed by atoms with van der Waals surface area (Å²) in [4.78, 5) is 16.0. The minimum atomic E-state index is -0.502. The van der Waals surface area contributed by atoms with E-state index >= 15 is 0 Å². The van der Waals surface area contributed by atoms with E-state index in [2.05, 4.69) is 4.99 Å². The van der Waals surface area contributed by atoms with Crippen LogP contribution in [0, 0.1) is 0 Å². The molecule has 0 spiro atoms. The molecule has 0 fully saturated rings. The molecular formula is C19H21NO3. The van der Waals surface area contributed by atoms with Crippen LogP contribution in [0.25, 0.3) is 0 Å². The zero-order chi connectivity index (χ0) is 16.7. The largest absolute Gasteiger partial charge is 0.482 e. The molecule has 2 rings (SSSR count). The first-order chi connectivity index (χ1) is 10.9. The fraction of sp³-hybridized carbons (Fsp3) is 0.263. The Morgan fingerprint density at radius 3 is 2.30 bits per heavy atom. The Kier molecular flexibility index (Phi) is 5.52. The summed E-state index contributed by atoms with van der Waals surface area (Å²) in [6, 6.07) is 17.1. The summed E-state index contributed by atoms with van der Waals surface area (Å²) in [7, 11) is 0. The topological polar surface area (TPSA) is 47.9 Å². The van der Waals surface area contributed by atoms with Crippen molar-refractivity contribution in [2.24, 2.45) is 4.99 Å². The van der Waals surface area contributed by atoms with Gasteiger partial charge in [0, 0.05) is 6.21 Å². The number of benzene rings is 2. The van der Waals surface area contributed by atoms with E-state index in [1.807, 2.05) is 63.2 Å². The predicted octanol–water partition coefficient (Wildman–Crippen LogP) is 4.16. The van der Waals surface area contributed by atoms with Crippen molar-refractivity contribution < 1.29 is 14.3 Å². The summed E-state index contributed by atoms with van der Waals surface area (Å²) in [5.41, 5.74) is 1.36. The second-order valence-electron chi connectivity index (χ2n) is 6.04. The zero-order valence-electron chi connectivity index (χ0n) is 13.7. The lowest BCUT2D eigenvalue weighted by molar-refractivity contribution is -0.157. The van der Waals surface area contributed by atoms with Gasteiger partial charge in [-0.15, -0.1) is 0 Å². The SMILES string of the molecule is CC(C)(C)OC(=O)COc1ccc(/C=N/c2ccccc2)cc1. The number of rotatable bonds is 5. The average molecular weight is 311 g/mol. The first kappa shape index (κ1) is 16.7. The quantitative estimate of drug-likeness (QED) is 0.615. The van der Waals surface area contributed by atoms with Crippen LogP contribution >= 0.6 is 0 Å². The lowest BCUT2D eigenvalue weighted by atomic mass is 10.2. The van der Waals surface area contributed by atoms with Gasteiger partial charge in [-0.1, -0.05) is 18.2 Å². The summed E-state index contributed by atoms with van der Waals surface area (Å²) in [5.74, 6) is 0.236. The molecule has 0 N–H and O–H groups in total. The van der Waals surface area contributed by atoms with Crippen LogP contribution in [0.2, 0.25) is 0 Å². The molecule has 0 aromatic heterocycles. The number of para-hydroxylation sites is 1. The summed E-state index contributed by atoms with van der Waals surface area (Å²) in [5, 5.41) is 0. The van der Waals surface area contributed by atoms with Gasteiger partial charge in [0.05, 0.1) is 5.69 Å². The maximum Gasteiger partial charge on any atom is 0.344 e. The second kappa shape index (κ2) is 7.58. The Labute approximate surface area is 136 Å². The first-order valence-corrected chi connectivity index (χ1v) is 7.46. The Morgan fingerprint density at radius 1 is 1.04 bits per heavy atom. The molecule has 4 heteroatoms. The van der Waals surface area contributed by atoms with E-state index in [9.17, 15) is 4.79 Å². The van der Waals surface area contributed by atoms with Crippen molar-refractivity contribution in [1.82, 2.24) is 0 Å². The third-order valence-corrected chi connectivity index (χ3v) is 2.78. The summed E-state index contributed by atoms with van der Waals surface area (Å²) >= 11 is 0. The fourth-order valence-corrected chi connectivity index (χ4v) is 1.83.